The molecule has 0 saturated carbocycles. The van der Waals surface area contributed by atoms with Crippen LogP contribution >= 0.6 is 0 Å². The summed E-state index contributed by atoms with van der Waals surface area (Å²) in [4.78, 5) is 0. The number of nitrogens with zero attached hydrogens (tertiary/aromatic N) is 2. The van der Waals surface area contributed by atoms with Crippen molar-refractivity contribution in [3.8, 4) is 40.2 Å². The quantitative estimate of drug-likeness (QED) is 0.123. The number of alkyl halides is 6. The number of hydrogen-bond acceptors (Lipinski definition) is 5. The lowest BCUT2D eigenvalue weighted by molar-refractivity contribution is -0.288. The summed E-state index contributed by atoms with van der Waals surface area (Å²) in [5.74, 6) is -23.1. The highest BCUT2D eigenvalue weighted by Crippen LogP contribution is 2.56. The highest BCUT2D eigenvalue weighted by molar-refractivity contribution is 5.62. The zero-order valence-electron chi connectivity index (χ0n) is 24.5. The number of methoxy groups -OCH3 is 1. The van der Waals surface area contributed by atoms with Crippen LogP contribution in [0.2, 0.25) is 0 Å². The molecule has 5 rings (SSSR count). The van der Waals surface area contributed by atoms with Crippen molar-refractivity contribution in [1.29, 1.82) is 0 Å². The molecule has 0 saturated heterocycles. The van der Waals surface area contributed by atoms with E-state index >= 15 is 17.6 Å². The molecule has 0 atom stereocenters. The van der Waals surface area contributed by atoms with Crippen LogP contribution in [0, 0.1) is 53.5 Å². The smallest absolute Gasteiger partial charge is 0.411 e. The van der Waals surface area contributed by atoms with Gasteiger partial charge in [0.1, 0.15) is 22.6 Å². The van der Waals surface area contributed by atoms with E-state index in [-0.39, 0.29) is 17.9 Å². The fourth-order valence-corrected chi connectivity index (χ4v) is 4.96. The lowest BCUT2D eigenvalue weighted by Gasteiger charge is -2.38. The number of hydrogen-bond donors (Lipinski definition) is 0. The minimum atomic E-state index is -6.02. The summed E-state index contributed by atoms with van der Waals surface area (Å²) in [5.41, 5.74) is -11.9. The van der Waals surface area contributed by atoms with Crippen LogP contribution in [0.1, 0.15) is 16.7 Å². The first-order chi connectivity index (χ1) is 23.3. The van der Waals surface area contributed by atoms with E-state index in [1.165, 1.54) is 0 Å². The summed E-state index contributed by atoms with van der Waals surface area (Å²) in [6.45, 7) is 0.676. The van der Waals surface area contributed by atoms with Gasteiger partial charge in [-0.1, -0.05) is 24.3 Å². The largest absolute Gasteiger partial charge is 0.497 e. The van der Waals surface area contributed by atoms with Crippen molar-refractivity contribution in [1.82, 2.24) is 10.2 Å². The predicted molar refractivity (Wildman–Crippen MR) is 142 cm³/mol. The van der Waals surface area contributed by atoms with E-state index in [2.05, 4.69) is 14.6 Å². The van der Waals surface area contributed by atoms with Crippen LogP contribution in [0.5, 0.6) is 17.2 Å². The van der Waals surface area contributed by atoms with Gasteiger partial charge in [-0.3, -0.25) is 0 Å². The van der Waals surface area contributed by atoms with E-state index < -0.39 is 115 Å². The van der Waals surface area contributed by atoms with Crippen LogP contribution in [-0.2, 0) is 5.41 Å². The van der Waals surface area contributed by atoms with Gasteiger partial charge >= 0.3 is 12.4 Å². The van der Waals surface area contributed by atoms with Gasteiger partial charge in [-0.05, 0) is 42.3 Å². The third-order valence-electron chi connectivity index (χ3n) is 7.44. The topological polar surface area (TPSA) is 57.4 Å². The molecule has 1 heterocycles. The molecule has 0 aliphatic carbocycles. The highest BCUT2D eigenvalue weighted by atomic mass is 19.4. The average molecular weight is 728 g/mol. The number of benzene rings is 4. The molecule has 0 spiro atoms. The molecular weight excluding hydrogens is 714 g/mol. The molecule has 0 N–H and O–H groups in total. The van der Waals surface area contributed by atoms with E-state index in [9.17, 15) is 43.9 Å². The van der Waals surface area contributed by atoms with Crippen molar-refractivity contribution in [2.24, 2.45) is 0 Å². The SMILES string of the molecule is COc1ccc(C(c2ccc(Oc3c(F)c(F)c(-c4nnc(-c5c(F)c(F)c(C)c(F)c5F)o4)c(F)c3F)cc2)(C(F)(F)F)C(F)(F)F)cc1. The fourth-order valence-electron chi connectivity index (χ4n) is 4.96. The summed E-state index contributed by atoms with van der Waals surface area (Å²) < 4.78 is 217. The van der Waals surface area contributed by atoms with Crippen LogP contribution < -0.4 is 9.47 Å². The summed E-state index contributed by atoms with van der Waals surface area (Å²) in [6.07, 6.45) is -12.0. The minimum Gasteiger partial charge on any atom is -0.497 e. The molecule has 0 radical (unpaired) electrons. The van der Waals surface area contributed by atoms with Gasteiger partial charge in [0.05, 0.1) is 7.11 Å². The molecule has 50 heavy (non-hydrogen) atoms. The maximum atomic E-state index is 15.1. The number of ether oxygens (including phenoxy) is 2. The monoisotopic (exact) mass is 728 g/mol. The van der Waals surface area contributed by atoms with Gasteiger partial charge < -0.3 is 13.9 Å². The zero-order chi connectivity index (χ0) is 37.1. The van der Waals surface area contributed by atoms with Crippen LogP contribution in [0.4, 0.5) is 61.5 Å². The van der Waals surface area contributed by atoms with Crippen molar-refractivity contribution in [2.75, 3.05) is 7.11 Å². The maximum Gasteiger partial charge on any atom is 0.411 e. The molecule has 4 aromatic carbocycles. The molecular formula is C31H14F14N2O3. The summed E-state index contributed by atoms with van der Waals surface area (Å²) >= 11 is 0. The van der Waals surface area contributed by atoms with Gasteiger partial charge in [-0.2, -0.15) is 35.1 Å². The molecule has 19 heteroatoms. The third kappa shape index (κ3) is 5.53. The lowest BCUT2D eigenvalue weighted by Crippen LogP contribution is -2.54. The Morgan fingerprint density at radius 2 is 0.880 bits per heavy atom. The zero-order valence-corrected chi connectivity index (χ0v) is 24.5. The Balaban J connectivity index is 1.54. The Kier molecular flexibility index (Phi) is 8.99. The molecule has 5 nitrogen and oxygen atoms in total. The number of halogens is 14. The van der Waals surface area contributed by atoms with Crippen molar-refractivity contribution in [3.05, 3.63) is 112 Å². The third-order valence-corrected chi connectivity index (χ3v) is 7.44. The first-order valence-electron chi connectivity index (χ1n) is 13.4. The van der Waals surface area contributed by atoms with Crippen molar-refractivity contribution < 1.29 is 75.4 Å². The van der Waals surface area contributed by atoms with Gasteiger partial charge in [-0.15, -0.1) is 10.2 Å². The van der Waals surface area contributed by atoms with Crippen LogP contribution in [-0.4, -0.2) is 29.7 Å². The van der Waals surface area contributed by atoms with Crippen LogP contribution in [0.15, 0.2) is 52.9 Å². The van der Waals surface area contributed by atoms with E-state index in [0.717, 1.165) is 19.2 Å². The molecule has 1 aromatic heterocycles. The van der Waals surface area contributed by atoms with Gasteiger partial charge in [0.15, 0.2) is 34.9 Å². The number of rotatable bonds is 7. The highest BCUT2D eigenvalue weighted by Gasteiger charge is 2.72. The second-order valence-corrected chi connectivity index (χ2v) is 10.2. The first kappa shape index (κ1) is 35.9. The lowest BCUT2D eigenvalue weighted by atomic mass is 9.73. The molecule has 0 aliphatic rings. The van der Waals surface area contributed by atoms with Crippen molar-refractivity contribution in [3.63, 3.8) is 0 Å². The van der Waals surface area contributed by atoms with E-state index in [1.54, 1.807) is 0 Å². The number of aromatic nitrogens is 2. The standard InChI is InChI=1S/C31H14F14N2O3/c1-11-18(32)20(34)16(21(35)19(11)33)27-46-47-28(50-27)17-22(36)24(38)26(25(39)23(17)37)49-15-9-5-13(6-10-15)29(30(40,41)42,31(43,44)45)12-3-7-14(48-2)8-4-12/h3-10H,1-2H3. The summed E-state index contributed by atoms with van der Waals surface area (Å²) in [6, 6.07) is 4.08. The Morgan fingerprint density at radius 1 is 0.520 bits per heavy atom. The Hall–Kier alpha value is -5.36. The Bertz CT molecular complexity index is 2020. The van der Waals surface area contributed by atoms with Gasteiger partial charge in [-0.25, -0.2) is 26.3 Å². The molecule has 0 bridgehead atoms. The predicted octanol–water partition coefficient (Wildman–Crippen LogP) is 10.0. The molecule has 0 aliphatic heterocycles. The first-order valence-corrected chi connectivity index (χ1v) is 13.4. The Labute approximate surface area is 269 Å². The van der Waals surface area contributed by atoms with Gasteiger partial charge in [0.25, 0.3) is 11.8 Å². The van der Waals surface area contributed by atoms with Crippen LogP contribution in [0.3, 0.4) is 0 Å². The van der Waals surface area contributed by atoms with Gasteiger partial charge in [0, 0.05) is 5.56 Å². The molecule has 0 amide bonds. The molecule has 264 valence electrons. The van der Waals surface area contributed by atoms with Crippen molar-refractivity contribution in [2.45, 2.75) is 24.7 Å². The summed E-state index contributed by atoms with van der Waals surface area (Å²) in [5, 5.41) is 6.03. The van der Waals surface area contributed by atoms with Gasteiger partial charge in [0.2, 0.25) is 22.8 Å². The van der Waals surface area contributed by atoms with E-state index in [4.69, 9.17) is 9.47 Å². The van der Waals surface area contributed by atoms with E-state index in [1.807, 2.05) is 0 Å². The van der Waals surface area contributed by atoms with Crippen LogP contribution in [0.25, 0.3) is 22.9 Å². The average Bonchev–Trinajstić information content (AvgIpc) is 3.53. The molecule has 0 unspecified atom stereocenters. The second kappa shape index (κ2) is 12.5. The fraction of sp³-hybridized carbons (Fsp3) is 0.161. The minimum absolute atomic E-state index is 0.0651. The van der Waals surface area contributed by atoms with E-state index in [0.29, 0.717) is 31.2 Å². The molecule has 5 aromatic rings. The Morgan fingerprint density at radius 3 is 1.24 bits per heavy atom. The second-order valence-electron chi connectivity index (χ2n) is 10.2. The molecule has 0 fully saturated rings. The normalized spacial score (nSPS) is 12.4. The summed E-state index contributed by atoms with van der Waals surface area (Å²) in [7, 11) is 1.12. The van der Waals surface area contributed by atoms with Crippen molar-refractivity contribution >= 4 is 0 Å². The maximum absolute atomic E-state index is 15.1.